The average molecular weight is 920 g/mol. The largest absolute Gasteiger partial charge is 0.311 e. The molecule has 72 heavy (non-hydrogen) atoms. The van der Waals surface area contributed by atoms with E-state index in [0.29, 0.717) is 0 Å². The number of nitrogens with zero attached hydrogens (tertiary/aromatic N) is 5. The Kier molecular flexibility index (Phi) is 9.88. The Bertz CT molecular complexity index is 3860. The number of benzene rings is 11. The van der Waals surface area contributed by atoms with Gasteiger partial charge in [-0.15, -0.1) is 0 Å². The van der Waals surface area contributed by atoms with E-state index in [1.807, 2.05) is 0 Å². The minimum atomic E-state index is -0.0798. The zero-order chi connectivity index (χ0) is 47.5. The Morgan fingerprint density at radius 2 is 0.708 bits per heavy atom. The van der Waals surface area contributed by atoms with Gasteiger partial charge in [0.15, 0.2) is 0 Å². The summed E-state index contributed by atoms with van der Waals surface area (Å²) in [5, 5.41) is 2.45. The third-order valence-corrected chi connectivity index (χ3v) is 14.5. The van der Waals surface area contributed by atoms with E-state index < -0.39 is 0 Å². The molecule has 0 saturated heterocycles. The number of rotatable bonds is 9. The van der Waals surface area contributed by atoms with E-state index in [1.54, 1.807) is 0 Å². The molecule has 1 aromatic heterocycles. The fraction of sp³-hybridized carbons (Fsp3) is 0. The SMILES string of the molecule is c1ccc(N(c2ccccc2)c2ccc3c(c2)N(c2ccccc2)c2cc(N(c4ccccc4)c4ccccc4)cc4c2B3c2ccccc2N4c2ccc3c4ccccc4n(-c4ccccc4)c3c2)cc1. The molecule has 0 amide bonds. The van der Waals surface area contributed by atoms with Crippen LogP contribution >= 0.6 is 0 Å². The first-order chi connectivity index (χ1) is 35.8. The van der Waals surface area contributed by atoms with E-state index >= 15 is 0 Å². The number of aromatic nitrogens is 1. The van der Waals surface area contributed by atoms with Gasteiger partial charge in [-0.2, -0.15) is 0 Å². The molecule has 2 aliphatic rings. The summed E-state index contributed by atoms with van der Waals surface area (Å²) in [6.45, 7) is -0.0798. The maximum Gasteiger partial charge on any atom is 0.252 e. The van der Waals surface area contributed by atoms with E-state index in [-0.39, 0.29) is 6.71 Å². The lowest BCUT2D eigenvalue weighted by Gasteiger charge is -2.45. The van der Waals surface area contributed by atoms with Crippen molar-refractivity contribution < 1.29 is 0 Å². The van der Waals surface area contributed by atoms with Gasteiger partial charge in [0.2, 0.25) is 0 Å². The van der Waals surface area contributed by atoms with E-state index in [4.69, 9.17) is 0 Å². The lowest BCUT2D eigenvalue weighted by atomic mass is 9.33. The highest BCUT2D eigenvalue weighted by atomic mass is 15.2. The summed E-state index contributed by atoms with van der Waals surface area (Å²) in [5.74, 6) is 0. The van der Waals surface area contributed by atoms with Crippen LogP contribution in [0.3, 0.4) is 0 Å². The molecule has 6 heteroatoms. The van der Waals surface area contributed by atoms with Crippen molar-refractivity contribution in [3.8, 4) is 5.69 Å². The molecule has 0 spiro atoms. The molecule has 0 aliphatic carbocycles. The van der Waals surface area contributed by atoms with Crippen LogP contribution in [0.15, 0.2) is 279 Å². The van der Waals surface area contributed by atoms with Crippen LogP contribution in [-0.2, 0) is 0 Å². The third kappa shape index (κ3) is 6.72. The van der Waals surface area contributed by atoms with E-state index in [9.17, 15) is 0 Å². The highest BCUT2D eigenvalue weighted by Crippen LogP contribution is 2.50. The number of hydrogen-bond donors (Lipinski definition) is 0. The van der Waals surface area contributed by atoms with Crippen LogP contribution in [0.5, 0.6) is 0 Å². The van der Waals surface area contributed by atoms with Gasteiger partial charge in [-0.25, -0.2) is 0 Å². The standard InChI is InChI=1S/C66H46BN5/c1-7-23-47(24-8-1)68(48-25-9-2-10-26-48)53-40-42-59-63(44-53)71(52-33-17-6-18-34-52)64-45-55(69(49-27-11-3-12-28-49)50-29-13-4-14-30-50)46-65-66(64)67(59)58-36-20-22-38-61(58)72(65)54-39-41-57-56-35-19-21-37-60(56)70(62(57)43-54)51-31-15-5-16-32-51/h1-46H. The fourth-order valence-electron chi connectivity index (χ4n) is 11.5. The van der Waals surface area contributed by atoms with Crippen molar-refractivity contribution in [1.82, 2.24) is 4.57 Å². The molecule has 0 saturated carbocycles. The predicted octanol–water partition coefficient (Wildman–Crippen LogP) is 15.8. The molecule has 0 fully saturated rings. The Labute approximate surface area is 420 Å². The van der Waals surface area contributed by atoms with Crippen molar-refractivity contribution >= 4 is 113 Å². The summed E-state index contributed by atoms with van der Waals surface area (Å²) in [4.78, 5) is 9.82. The molecular weight excluding hydrogens is 874 g/mol. The van der Waals surface area contributed by atoms with Gasteiger partial charge in [-0.1, -0.05) is 158 Å². The zero-order valence-electron chi connectivity index (χ0n) is 39.4. The first kappa shape index (κ1) is 41.5. The molecule has 338 valence electrons. The summed E-state index contributed by atoms with van der Waals surface area (Å²) in [7, 11) is 0. The normalized spacial score (nSPS) is 12.4. The molecule has 0 bridgehead atoms. The van der Waals surface area contributed by atoms with E-state index in [1.165, 1.54) is 32.7 Å². The summed E-state index contributed by atoms with van der Waals surface area (Å²) in [5.41, 5.74) is 20.5. The summed E-state index contributed by atoms with van der Waals surface area (Å²) >= 11 is 0. The van der Waals surface area contributed by atoms with Crippen molar-refractivity contribution in [2.24, 2.45) is 0 Å². The Morgan fingerprint density at radius 3 is 1.31 bits per heavy atom. The van der Waals surface area contributed by atoms with Gasteiger partial charge >= 0.3 is 0 Å². The third-order valence-electron chi connectivity index (χ3n) is 14.5. The Balaban J connectivity index is 1.08. The zero-order valence-corrected chi connectivity index (χ0v) is 39.4. The van der Waals surface area contributed by atoms with Crippen LogP contribution in [0.25, 0.3) is 27.5 Å². The van der Waals surface area contributed by atoms with Crippen molar-refractivity contribution in [2.45, 2.75) is 0 Å². The molecular formula is C66H46BN5. The predicted molar refractivity (Wildman–Crippen MR) is 304 cm³/mol. The quantitative estimate of drug-likeness (QED) is 0.134. The lowest BCUT2D eigenvalue weighted by Crippen LogP contribution is -2.61. The van der Waals surface area contributed by atoms with Gasteiger partial charge in [-0.3, -0.25) is 0 Å². The van der Waals surface area contributed by atoms with Gasteiger partial charge in [0, 0.05) is 79.0 Å². The summed E-state index contributed by atoms with van der Waals surface area (Å²) in [6, 6.07) is 102. The van der Waals surface area contributed by atoms with Crippen LogP contribution in [0.4, 0.5) is 68.2 Å². The molecule has 3 heterocycles. The first-order valence-corrected chi connectivity index (χ1v) is 24.7. The second-order valence-electron chi connectivity index (χ2n) is 18.5. The molecule has 0 unspecified atom stereocenters. The maximum absolute atomic E-state index is 2.53. The average Bonchev–Trinajstić information content (AvgIpc) is 3.78. The monoisotopic (exact) mass is 919 g/mol. The van der Waals surface area contributed by atoms with Crippen molar-refractivity contribution in [3.05, 3.63) is 279 Å². The van der Waals surface area contributed by atoms with Crippen LogP contribution in [0, 0.1) is 0 Å². The number of fused-ring (bicyclic) bond motifs is 7. The van der Waals surface area contributed by atoms with Gasteiger partial charge in [-0.05, 0) is 138 Å². The maximum atomic E-state index is 2.53. The minimum absolute atomic E-state index is 0.0798. The summed E-state index contributed by atoms with van der Waals surface area (Å²) in [6.07, 6.45) is 0. The van der Waals surface area contributed by atoms with Crippen molar-refractivity contribution in [1.29, 1.82) is 0 Å². The first-order valence-electron chi connectivity index (χ1n) is 24.7. The molecule has 14 rings (SSSR count). The molecule has 2 aliphatic heterocycles. The smallest absolute Gasteiger partial charge is 0.252 e. The number of para-hydroxylation sites is 8. The van der Waals surface area contributed by atoms with Gasteiger partial charge in [0.05, 0.1) is 16.7 Å². The minimum Gasteiger partial charge on any atom is -0.311 e. The highest BCUT2D eigenvalue weighted by molar-refractivity contribution is 7.00. The second-order valence-corrected chi connectivity index (χ2v) is 18.5. The van der Waals surface area contributed by atoms with Crippen LogP contribution in [0.1, 0.15) is 0 Å². The molecule has 5 nitrogen and oxygen atoms in total. The van der Waals surface area contributed by atoms with Gasteiger partial charge in [0.1, 0.15) is 0 Å². The molecule has 12 aromatic rings. The van der Waals surface area contributed by atoms with Gasteiger partial charge < -0.3 is 24.2 Å². The van der Waals surface area contributed by atoms with Crippen LogP contribution in [-0.4, -0.2) is 11.3 Å². The molecule has 0 atom stereocenters. The van der Waals surface area contributed by atoms with Crippen molar-refractivity contribution in [2.75, 3.05) is 19.6 Å². The fourth-order valence-corrected chi connectivity index (χ4v) is 11.5. The Hall–Kier alpha value is -9.52. The highest BCUT2D eigenvalue weighted by Gasteiger charge is 2.44. The number of hydrogen-bond acceptors (Lipinski definition) is 4. The van der Waals surface area contributed by atoms with Gasteiger partial charge in [0.25, 0.3) is 6.71 Å². The van der Waals surface area contributed by atoms with E-state index in [2.05, 4.69) is 303 Å². The second kappa shape index (κ2) is 17.2. The van der Waals surface area contributed by atoms with E-state index in [0.717, 1.165) is 79.5 Å². The van der Waals surface area contributed by atoms with Crippen molar-refractivity contribution in [3.63, 3.8) is 0 Å². The molecule has 0 N–H and O–H groups in total. The Morgan fingerprint density at radius 1 is 0.264 bits per heavy atom. The van der Waals surface area contributed by atoms with Crippen LogP contribution < -0.4 is 36.0 Å². The topological polar surface area (TPSA) is 17.9 Å². The summed E-state index contributed by atoms with van der Waals surface area (Å²) < 4.78 is 2.42. The lowest BCUT2D eigenvalue weighted by molar-refractivity contribution is 1.18. The molecule has 0 radical (unpaired) electrons. The molecule has 11 aromatic carbocycles. The van der Waals surface area contributed by atoms with Crippen LogP contribution in [0.2, 0.25) is 0 Å². The number of anilines is 12.